The molecule has 0 bridgehead atoms. The van der Waals surface area contributed by atoms with E-state index in [1.165, 1.54) is 0 Å². The van der Waals surface area contributed by atoms with Gasteiger partial charge in [0.25, 0.3) is 6.33 Å². The van der Waals surface area contributed by atoms with Gasteiger partial charge in [0, 0.05) is 12.6 Å². The highest BCUT2D eigenvalue weighted by atomic mass is 127. The number of carbonyl (C=O) groups is 1. The molecule has 5 heteroatoms. The molecule has 1 aromatic heterocycles. The summed E-state index contributed by atoms with van der Waals surface area (Å²) < 4.78 is 3.54. The zero-order valence-corrected chi connectivity index (χ0v) is 11.9. The molecule has 4 nitrogen and oxygen atoms in total. The number of nitrogens with zero attached hydrogens (tertiary/aromatic N) is 3. The van der Waals surface area contributed by atoms with Crippen LogP contribution in [0.2, 0.25) is 0 Å². The molecule has 0 spiro atoms. The number of imidazole rings is 1. The lowest BCUT2D eigenvalue weighted by molar-refractivity contribution is -0.670. The Kier molecular flexibility index (Phi) is 4.76. The molecule has 0 radical (unpaired) electrons. The zero-order chi connectivity index (χ0) is 10.8. The van der Waals surface area contributed by atoms with Crippen LogP contribution < -0.4 is 28.5 Å². The zero-order valence-electron chi connectivity index (χ0n) is 9.77. The van der Waals surface area contributed by atoms with Gasteiger partial charge in [-0.2, -0.15) is 4.57 Å². The molecular weight excluding hydrogens is 317 g/mol. The molecule has 2 heterocycles. The molecule has 0 aliphatic carbocycles. The van der Waals surface area contributed by atoms with Crippen molar-refractivity contribution in [1.82, 2.24) is 9.47 Å². The Morgan fingerprint density at radius 1 is 1.56 bits per heavy atom. The first-order chi connectivity index (χ1) is 7.22. The van der Waals surface area contributed by atoms with Gasteiger partial charge in [-0.3, -0.25) is 0 Å². The highest BCUT2D eigenvalue weighted by molar-refractivity contribution is 5.77. The van der Waals surface area contributed by atoms with Gasteiger partial charge in [0.15, 0.2) is 0 Å². The Hall–Kier alpha value is -0.590. The molecule has 0 N–H and O–H groups in total. The van der Waals surface area contributed by atoms with Crippen molar-refractivity contribution < 1.29 is 33.3 Å². The molecule has 90 valence electrons. The number of amides is 1. The number of hydrogen-bond donors (Lipinski definition) is 0. The lowest BCUT2D eigenvalue weighted by Crippen LogP contribution is -3.00. The first-order valence-corrected chi connectivity index (χ1v) is 5.56. The molecule has 0 saturated carbocycles. The number of aryl methyl sites for hydroxylation is 1. The summed E-state index contributed by atoms with van der Waals surface area (Å²) >= 11 is 0. The van der Waals surface area contributed by atoms with E-state index in [2.05, 4.69) is 6.92 Å². The molecule has 1 saturated heterocycles. The molecule has 1 fully saturated rings. The van der Waals surface area contributed by atoms with Crippen LogP contribution in [0.5, 0.6) is 0 Å². The van der Waals surface area contributed by atoms with Crippen LogP contribution >= 0.6 is 0 Å². The van der Waals surface area contributed by atoms with Gasteiger partial charge in [-0.1, -0.05) is 6.92 Å². The predicted octanol–water partition coefficient (Wildman–Crippen LogP) is -1.84. The van der Waals surface area contributed by atoms with Gasteiger partial charge < -0.3 is 28.9 Å². The Morgan fingerprint density at radius 2 is 2.31 bits per heavy atom. The normalized spacial score (nSPS) is 19.6. The average Bonchev–Trinajstić information content (AvgIpc) is 2.84. The van der Waals surface area contributed by atoms with Crippen LogP contribution in [-0.4, -0.2) is 28.1 Å². The van der Waals surface area contributed by atoms with Gasteiger partial charge >= 0.3 is 6.03 Å². The highest BCUT2D eigenvalue weighted by Gasteiger charge is 2.30. The van der Waals surface area contributed by atoms with Crippen molar-refractivity contribution >= 4 is 6.03 Å². The van der Waals surface area contributed by atoms with Gasteiger partial charge in [0.1, 0.15) is 12.4 Å². The van der Waals surface area contributed by atoms with Crippen molar-refractivity contribution in [3.63, 3.8) is 0 Å². The van der Waals surface area contributed by atoms with Gasteiger partial charge in [-0.05, 0) is 19.3 Å². The number of likely N-dealkylation sites (tertiary alicyclic amines) is 1. The van der Waals surface area contributed by atoms with Gasteiger partial charge in [0.2, 0.25) is 0 Å². The first kappa shape index (κ1) is 13.5. The fourth-order valence-electron chi connectivity index (χ4n) is 2.22. The standard InChI is InChI=1S/C11H18N3O.HI/c1-3-10-5-4-6-14(10)11(15)13-8-7-12(2)9-13;/h7-10H,3-6H2,1-2H3;1H/q+1;/p-1. The van der Waals surface area contributed by atoms with Crippen molar-refractivity contribution in [2.45, 2.75) is 32.2 Å². The third kappa shape index (κ3) is 2.56. The number of carbonyl (C=O) groups excluding carboxylic acids is 1. The summed E-state index contributed by atoms with van der Waals surface area (Å²) in [4.78, 5) is 14.1. The minimum Gasteiger partial charge on any atom is -1.00 e. The van der Waals surface area contributed by atoms with Crippen molar-refractivity contribution in [1.29, 1.82) is 0 Å². The van der Waals surface area contributed by atoms with E-state index in [-0.39, 0.29) is 30.0 Å². The third-order valence-electron chi connectivity index (χ3n) is 3.08. The summed E-state index contributed by atoms with van der Waals surface area (Å²) in [5.74, 6) is 0. The molecule has 1 atom stereocenters. The fraction of sp³-hybridized carbons (Fsp3) is 0.636. The van der Waals surface area contributed by atoms with E-state index in [4.69, 9.17) is 0 Å². The van der Waals surface area contributed by atoms with Crippen molar-refractivity contribution in [2.75, 3.05) is 6.54 Å². The van der Waals surface area contributed by atoms with E-state index in [0.717, 1.165) is 25.8 Å². The second kappa shape index (κ2) is 5.65. The lowest BCUT2D eigenvalue weighted by Gasteiger charge is -2.20. The minimum absolute atomic E-state index is 0. The van der Waals surface area contributed by atoms with Crippen LogP contribution in [-0.2, 0) is 7.05 Å². The van der Waals surface area contributed by atoms with Crippen LogP contribution in [0, 0.1) is 0 Å². The summed E-state index contributed by atoms with van der Waals surface area (Å²) in [5, 5.41) is 0. The highest BCUT2D eigenvalue weighted by Crippen LogP contribution is 2.20. The predicted molar refractivity (Wildman–Crippen MR) is 56.4 cm³/mol. The van der Waals surface area contributed by atoms with E-state index in [0.29, 0.717) is 6.04 Å². The first-order valence-electron chi connectivity index (χ1n) is 5.56. The van der Waals surface area contributed by atoms with Crippen molar-refractivity contribution in [2.24, 2.45) is 7.05 Å². The second-order valence-corrected chi connectivity index (χ2v) is 4.17. The minimum atomic E-state index is 0. The van der Waals surface area contributed by atoms with Crippen LogP contribution in [0.4, 0.5) is 4.79 Å². The molecule has 1 aliphatic rings. The lowest BCUT2D eigenvalue weighted by atomic mass is 10.2. The van der Waals surface area contributed by atoms with Gasteiger partial charge in [-0.25, -0.2) is 9.36 Å². The number of hydrogen-bond acceptors (Lipinski definition) is 1. The molecule has 0 aromatic carbocycles. The van der Waals surface area contributed by atoms with Crippen molar-refractivity contribution in [3.8, 4) is 0 Å². The molecule has 2 rings (SSSR count). The van der Waals surface area contributed by atoms with E-state index in [1.54, 1.807) is 4.57 Å². The maximum atomic E-state index is 12.1. The molecule has 1 aliphatic heterocycles. The van der Waals surface area contributed by atoms with Crippen LogP contribution in [0.1, 0.15) is 26.2 Å². The Bertz CT molecular complexity index is 364. The Morgan fingerprint density at radius 3 is 2.88 bits per heavy atom. The van der Waals surface area contributed by atoms with E-state index >= 15 is 0 Å². The van der Waals surface area contributed by atoms with Crippen LogP contribution in [0.15, 0.2) is 18.7 Å². The summed E-state index contributed by atoms with van der Waals surface area (Å²) in [5.41, 5.74) is 0. The summed E-state index contributed by atoms with van der Waals surface area (Å²) in [6.45, 7) is 3.05. The molecule has 16 heavy (non-hydrogen) atoms. The molecule has 1 aromatic rings. The third-order valence-corrected chi connectivity index (χ3v) is 3.08. The summed E-state index contributed by atoms with van der Waals surface area (Å²) in [6, 6.07) is 0.546. The maximum absolute atomic E-state index is 12.1. The summed E-state index contributed by atoms with van der Waals surface area (Å²) in [6.07, 6.45) is 8.85. The molecule has 1 unspecified atom stereocenters. The SMILES string of the molecule is CCC1CCCN1C(=O)n1cc[n+](C)c1.[I-]. The van der Waals surface area contributed by atoms with Crippen LogP contribution in [0.25, 0.3) is 0 Å². The van der Waals surface area contributed by atoms with Crippen LogP contribution in [0.3, 0.4) is 0 Å². The molecular formula is C11H18IN3O. The van der Waals surface area contributed by atoms with E-state index in [1.807, 2.05) is 35.2 Å². The monoisotopic (exact) mass is 335 g/mol. The second-order valence-electron chi connectivity index (χ2n) is 4.17. The maximum Gasteiger partial charge on any atom is 0.416 e. The topological polar surface area (TPSA) is 29.1 Å². The number of rotatable bonds is 1. The number of aromatic nitrogens is 2. The van der Waals surface area contributed by atoms with Gasteiger partial charge in [-0.15, -0.1) is 0 Å². The van der Waals surface area contributed by atoms with Crippen molar-refractivity contribution in [3.05, 3.63) is 18.7 Å². The largest absolute Gasteiger partial charge is 1.00 e. The van der Waals surface area contributed by atoms with E-state index < -0.39 is 0 Å². The molecule has 1 amide bonds. The fourth-order valence-corrected chi connectivity index (χ4v) is 2.22. The average molecular weight is 335 g/mol. The number of halogens is 1. The Labute approximate surface area is 113 Å². The quantitative estimate of drug-likeness (QED) is 0.438. The summed E-state index contributed by atoms with van der Waals surface area (Å²) in [7, 11) is 1.92. The Balaban J connectivity index is 0.00000128. The smallest absolute Gasteiger partial charge is 0.416 e. The van der Waals surface area contributed by atoms with Gasteiger partial charge in [0.05, 0.1) is 7.05 Å². The van der Waals surface area contributed by atoms with E-state index in [9.17, 15) is 4.79 Å².